The highest BCUT2D eigenvalue weighted by Crippen LogP contribution is 2.11. The second-order valence-corrected chi connectivity index (χ2v) is 6.85. The quantitative estimate of drug-likeness (QED) is 0.394. The van der Waals surface area contributed by atoms with Gasteiger partial charge in [-0.15, -0.1) is 35.3 Å². The van der Waals surface area contributed by atoms with E-state index in [0.29, 0.717) is 12.4 Å². The number of pyridine rings is 1. The van der Waals surface area contributed by atoms with E-state index in [4.69, 9.17) is 4.74 Å². The van der Waals surface area contributed by atoms with E-state index in [9.17, 15) is 0 Å². The van der Waals surface area contributed by atoms with E-state index in [2.05, 4.69) is 30.6 Å². The minimum atomic E-state index is 0. The molecule has 2 rings (SSSR count). The zero-order chi connectivity index (χ0) is 17.5. The Bertz CT molecular complexity index is 672. The number of ether oxygens (including phenoxy) is 1. The lowest BCUT2D eigenvalue weighted by Gasteiger charge is -2.21. The highest BCUT2D eigenvalue weighted by molar-refractivity contribution is 14.0. The molecule has 0 aliphatic rings. The van der Waals surface area contributed by atoms with Gasteiger partial charge in [0.15, 0.2) is 5.96 Å². The van der Waals surface area contributed by atoms with E-state index in [-0.39, 0.29) is 30.1 Å². The number of aromatic nitrogens is 2. The Labute approximate surface area is 170 Å². The van der Waals surface area contributed by atoms with Crippen molar-refractivity contribution in [3.63, 3.8) is 0 Å². The van der Waals surface area contributed by atoms with Gasteiger partial charge in [-0.3, -0.25) is 4.99 Å². The van der Waals surface area contributed by atoms with Gasteiger partial charge in [-0.05, 0) is 26.3 Å². The summed E-state index contributed by atoms with van der Waals surface area (Å²) in [4.78, 5) is 15.2. The molecule has 25 heavy (non-hydrogen) atoms. The lowest BCUT2D eigenvalue weighted by Crippen LogP contribution is -2.38. The smallest absolute Gasteiger partial charge is 0.213 e. The maximum Gasteiger partial charge on any atom is 0.213 e. The molecule has 0 aliphatic carbocycles. The summed E-state index contributed by atoms with van der Waals surface area (Å²) in [6.07, 6.45) is 1.95. The third-order valence-corrected chi connectivity index (χ3v) is 4.07. The molecule has 2 aromatic rings. The number of rotatable bonds is 6. The van der Waals surface area contributed by atoms with Crippen LogP contribution in [0, 0.1) is 6.92 Å². The van der Waals surface area contributed by atoms with Gasteiger partial charge in [-0.1, -0.05) is 6.07 Å². The number of guanidine groups is 1. The molecule has 0 amide bonds. The topological polar surface area (TPSA) is 62.6 Å². The molecule has 6 nitrogen and oxygen atoms in total. The number of hydrogen-bond acceptors (Lipinski definition) is 5. The monoisotopic (exact) mass is 475 g/mol. The number of thiazole rings is 1. The average molecular weight is 475 g/mol. The number of nitrogens with one attached hydrogen (secondary N) is 1. The highest BCUT2D eigenvalue weighted by atomic mass is 127. The van der Waals surface area contributed by atoms with Crippen LogP contribution in [0.2, 0.25) is 0 Å². The van der Waals surface area contributed by atoms with Crippen molar-refractivity contribution >= 4 is 41.3 Å². The molecule has 2 aromatic heterocycles. The first-order valence-corrected chi connectivity index (χ1v) is 8.80. The minimum Gasteiger partial charge on any atom is -0.475 e. The van der Waals surface area contributed by atoms with Gasteiger partial charge < -0.3 is 15.0 Å². The van der Waals surface area contributed by atoms with Crippen molar-refractivity contribution in [2.45, 2.75) is 40.0 Å². The summed E-state index contributed by atoms with van der Waals surface area (Å²) in [5.74, 6) is 1.47. The molecular weight excluding hydrogens is 449 g/mol. The second kappa shape index (κ2) is 10.5. The average Bonchev–Trinajstić information content (AvgIpc) is 2.94. The zero-order valence-corrected chi connectivity index (χ0v) is 18.5. The first-order valence-electron chi connectivity index (χ1n) is 7.92. The van der Waals surface area contributed by atoms with Gasteiger partial charge >= 0.3 is 0 Å². The second-order valence-electron chi connectivity index (χ2n) is 5.79. The van der Waals surface area contributed by atoms with Gasteiger partial charge in [0.1, 0.15) is 0 Å². The lowest BCUT2D eigenvalue weighted by atomic mass is 10.3. The summed E-state index contributed by atoms with van der Waals surface area (Å²) in [7, 11) is 3.78. The van der Waals surface area contributed by atoms with Crippen molar-refractivity contribution in [1.29, 1.82) is 0 Å². The van der Waals surface area contributed by atoms with Crippen molar-refractivity contribution in [3.05, 3.63) is 40.0 Å². The first-order chi connectivity index (χ1) is 11.5. The van der Waals surface area contributed by atoms with Gasteiger partial charge in [0.25, 0.3) is 0 Å². The van der Waals surface area contributed by atoms with Crippen LogP contribution in [-0.4, -0.2) is 41.0 Å². The Morgan fingerprint density at radius 1 is 1.40 bits per heavy atom. The van der Waals surface area contributed by atoms with E-state index in [1.807, 2.05) is 46.1 Å². The van der Waals surface area contributed by atoms with E-state index >= 15 is 0 Å². The Morgan fingerprint density at radius 2 is 2.16 bits per heavy atom. The Hall–Kier alpha value is -1.42. The molecule has 0 unspecified atom stereocenters. The van der Waals surface area contributed by atoms with E-state index in [0.717, 1.165) is 28.8 Å². The van der Waals surface area contributed by atoms with Crippen LogP contribution < -0.4 is 10.1 Å². The molecule has 0 atom stereocenters. The highest BCUT2D eigenvalue weighted by Gasteiger charge is 2.09. The largest absolute Gasteiger partial charge is 0.475 e. The number of aryl methyl sites for hydroxylation is 1. The fraction of sp³-hybridized carbons (Fsp3) is 0.471. The predicted molar refractivity (Wildman–Crippen MR) is 114 cm³/mol. The van der Waals surface area contributed by atoms with Gasteiger partial charge in [-0.25, -0.2) is 9.97 Å². The number of aliphatic imine (C=N–C) groups is 1. The van der Waals surface area contributed by atoms with Crippen LogP contribution >= 0.6 is 35.3 Å². The SMILES string of the molecule is CN=C(NCc1ccc(OC(C)C)nc1)N(C)Cc1csc(C)n1.I. The summed E-state index contributed by atoms with van der Waals surface area (Å²) < 4.78 is 5.55. The molecule has 0 spiro atoms. The van der Waals surface area contributed by atoms with Crippen molar-refractivity contribution in [2.24, 2.45) is 4.99 Å². The number of nitrogens with zero attached hydrogens (tertiary/aromatic N) is 4. The molecule has 1 N–H and O–H groups in total. The van der Waals surface area contributed by atoms with Crippen molar-refractivity contribution in [2.75, 3.05) is 14.1 Å². The molecule has 2 heterocycles. The van der Waals surface area contributed by atoms with E-state index in [1.165, 1.54) is 0 Å². The normalized spacial score (nSPS) is 11.2. The molecule has 0 radical (unpaired) electrons. The number of hydrogen-bond donors (Lipinski definition) is 1. The third-order valence-electron chi connectivity index (χ3n) is 3.24. The summed E-state index contributed by atoms with van der Waals surface area (Å²) in [5, 5.41) is 6.50. The summed E-state index contributed by atoms with van der Waals surface area (Å²) in [5.41, 5.74) is 2.13. The van der Waals surface area contributed by atoms with Crippen LogP contribution in [0.4, 0.5) is 0 Å². The van der Waals surface area contributed by atoms with Crippen LogP contribution in [0.25, 0.3) is 0 Å². The van der Waals surface area contributed by atoms with E-state index < -0.39 is 0 Å². The Kier molecular flexibility index (Phi) is 9.12. The third kappa shape index (κ3) is 7.15. The van der Waals surface area contributed by atoms with Gasteiger partial charge in [0.2, 0.25) is 5.88 Å². The molecule has 138 valence electrons. The maximum atomic E-state index is 5.55. The number of halogens is 1. The standard InChI is InChI=1S/C17H25N5OS.HI/c1-12(2)23-16-7-6-14(8-19-16)9-20-17(18-4)22(5)10-15-11-24-13(3)21-15;/h6-8,11-12H,9-10H2,1-5H3,(H,18,20);1H. The molecule has 0 aromatic carbocycles. The fourth-order valence-corrected chi connectivity index (χ4v) is 2.80. The summed E-state index contributed by atoms with van der Waals surface area (Å²) >= 11 is 1.66. The minimum absolute atomic E-state index is 0. The molecule has 0 saturated carbocycles. The molecular formula is C17H26IN5OS. The molecule has 0 bridgehead atoms. The fourth-order valence-electron chi connectivity index (χ4n) is 2.19. The zero-order valence-electron chi connectivity index (χ0n) is 15.3. The Morgan fingerprint density at radius 3 is 2.68 bits per heavy atom. The molecule has 8 heteroatoms. The van der Waals surface area contributed by atoms with Crippen molar-refractivity contribution in [3.8, 4) is 5.88 Å². The van der Waals surface area contributed by atoms with Gasteiger partial charge in [0.05, 0.1) is 23.4 Å². The van der Waals surface area contributed by atoms with Crippen LogP contribution in [-0.2, 0) is 13.1 Å². The van der Waals surface area contributed by atoms with Crippen LogP contribution in [0.5, 0.6) is 5.88 Å². The van der Waals surface area contributed by atoms with Crippen LogP contribution in [0.1, 0.15) is 30.1 Å². The van der Waals surface area contributed by atoms with E-state index in [1.54, 1.807) is 18.4 Å². The predicted octanol–water partition coefficient (Wildman–Crippen LogP) is 3.46. The van der Waals surface area contributed by atoms with Crippen molar-refractivity contribution < 1.29 is 4.74 Å². The summed E-state index contributed by atoms with van der Waals surface area (Å²) in [6, 6.07) is 3.90. The molecule has 0 saturated heterocycles. The van der Waals surface area contributed by atoms with Crippen molar-refractivity contribution in [1.82, 2.24) is 20.2 Å². The van der Waals surface area contributed by atoms with Crippen LogP contribution in [0.15, 0.2) is 28.7 Å². The summed E-state index contributed by atoms with van der Waals surface area (Å²) in [6.45, 7) is 7.37. The lowest BCUT2D eigenvalue weighted by molar-refractivity contribution is 0.232. The molecule has 0 aliphatic heterocycles. The van der Waals surface area contributed by atoms with Gasteiger partial charge in [0, 0.05) is 38.3 Å². The first kappa shape index (κ1) is 21.6. The maximum absolute atomic E-state index is 5.55. The molecule has 0 fully saturated rings. The van der Waals surface area contributed by atoms with Gasteiger partial charge in [-0.2, -0.15) is 0 Å². The van der Waals surface area contributed by atoms with Crippen LogP contribution in [0.3, 0.4) is 0 Å². The Balaban J connectivity index is 0.00000312.